The van der Waals surface area contributed by atoms with Crippen LogP contribution in [0, 0.1) is 5.92 Å². The fraction of sp³-hybridized carbons (Fsp3) is 0.692. The van der Waals surface area contributed by atoms with Gasteiger partial charge in [-0.3, -0.25) is 0 Å². The molecule has 0 bridgehead atoms. The van der Waals surface area contributed by atoms with Crippen LogP contribution < -0.4 is 10.6 Å². The van der Waals surface area contributed by atoms with E-state index >= 15 is 0 Å². The Morgan fingerprint density at radius 2 is 2.00 bits per heavy atom. The van der Waals surface area contributed by atoms with Crippen LogP contribution in [0.2, 0.25) is 0 Å². The molecule has 0 radical (unpaired) electrons. The summed E-state index contributed by atoms with van der Waals surface area (Å²) in [6.45, 7) is 6.45. The molecule has 5 nitrogen and oxygen atoms in total. The number of ether oxygens (including phenoxy) is 1. The molecule has 19 heavy (non-hydrogen) atoms. The Balaban J connectivity index is 2.69. The van der Waals surface area contributed by atoms with Crippen LogP contribution in [0.4, 0.5) is 11.6 Å². The van der Waals surface area contributed by atoms with E-state index in [0.29, 0.717) is 18.3 Å². The Labute approximate surface area is 119 Å². The molecule has 1 rings (SSSR count). The van der Waals surface area contributed by atoms with Crippen molar-refractivity contribution >= 4 is 23.4 Å². The highest BCUT2D eigenvalue weighted by atomic mass is 32.2. The molecule has 6 heteroatoms. The summed E-state index contributed by atoms with van der Waals surface area (Å²) in [4.78, 5) is 8.83. The smallest absolute Gasteiger partial charge is 0.158 e. The number of rotatable bonds is 9. The first-order valence-corrected chi connectivity index (χ1v) is 7.92. The van der Waals surface area contributed by atoms with E-state index in [1.54, 1.807) is 7.11 Å². The summed E-state index contributed by atoms with van der Waals surface area (Å²) in [7, 11) is 1.65. The molecule has 1 aromatic rings. The van der Waals surface area contributed by atoms with Gasteiger partial charge >= 0.3 is 0 Å². The zero-order chi connectivity index (χ0) is 14.1. The van der Waals surface area contributed by atoms with Crippen LogP contribution >= 0.6 is 11.8 Å². The van der Waals surface area contributed by atoms with Crippen LogP contribution in [0.15, 0.2) is 6.07 Å². The van der Waals surface area contributed by atoms with Crippen LogP contribution in [0.25, 0.3) is 0 Å². The van der Waals surface area contributed by atoms with Gasteiger partial charge in [0.25, 0.3) is 0 Å². The van der Waals surface area contributed by atoms with E-state index in [1.807, 2.05) is 24.8 Å². The fourth-order valence-electron chi connectivity index (χ4n) is 1.68. The third kappa shape index (κ3) is 6.11. The number of hydrogen-bond donors (Lipinski definition) is 2. The molecule has 0 saturated carbocycles. The number of hydrogen-bond acceptors (Lipinski definition) is 6. The first-order chi connectivity index (χ1) is 9.19. The molecule has 0 amide bonds. The van der Waals surface area contributed by atoms with E-state index in [2.05, 4.69) is 33.8 Å². The highest BCUT2D eigenvalue weighted by Crippen LogP contribution is 2.13. The van der Waals surface area contributed by atoms with Gasteiger partial charge in [0.05, 0.1) is 0 Å². The summed E-state index contributed by atoms with van der Waals surface area (Å²) < 4.78 is 5.10. The maximum atomic E-state index is 5.10. The predicted molar refractivity (Wildman–Crippen MR) is 82.9 cm³/mol. The molecular weight excluding hydrogens is 260 g/mol. The average Bonchev–Trinajstić information content (AvgIpc) is 2.37. The SMILES string of the molecule is CCNc1cc(NCC(C)CSC)nc(COC)n1. The van der Waals surface area contributed by atoms with E-state index in [9.17, 15) is 0 Å². The maximum Gasteiger partial charge on any atom is 0.158 e. The maximum absolute atomic E-state index is 5.10. The number of methoxy groups -OCH3 is 1. The quantitative estimate of drug-likeness (QED) is 0.726. The van der Waals surface area contributed by atoms with E-state index in [-0.39, 0.29) is 0 Å². The number of nitrogens with zero attached hydrogens (tertiary/aromatic N) is 2. The van der Waals surface area contributed by atoms with Crippen molar-refractivity contribution in [3.8, 4) is 0 Å². The lowest BCUT2D eigenvalue weighted by atomic mass is 10.2. The fourth-order valence-corrected chi connectivity index (χ4v) is 2.36. The van der Waals surface area contributed by atoms with Crippen LogP contribution in [0.1, 0.15) is 19.7 Å². The molecule has 2 N–H and O–H groups in total. The lowest BCUT2D eigenvalue weighted by Gasteiger charge is -2.13. The molecule has 0 aromatic carbocycles. The summed E-state index contributed by atoms with van der Waals surface area (Å²) in [6, 6.07) is 1.94. The Morgan fingerprint density at radius 1 is 1.32 bits per heavy atom. The molecule has 1 unspecified atom stereocenters. The topological polar surface area (TPSA) is 59.1 Å². The lowest BCUT2D eigenvalue weighted by Crippen LogP contribution is -2.15. The molecular formula is C13H24N4OS. The minimum absolute atomic E-state index is 0.425. The summed E-state index contributed by atoms with van der Waals surface area (Å²) in [5, 5.41) is 6.58. The van der Waals surface area contributed by atoms with Gasteiger partial charge in [-0.15, -0.1) is 0 Å². The largest absolute Gasteiger partial charge is 0.377 e. The Morgan fingerprint density at radius 3 is 2.58 bits per heavy atom. The Hall–Kier alpha value is -1.01. The summed E-state index contributed by atoms with van der Waals surface area (Å²) >= 11 is 1.86. The molecule has 0 fully saturated rings. The first-order valence-electron chi connectivity index (χ1n) is 6.53. The minimum atomic E-state index is 0.425. The van der Waals surface area contributed by atoms with Crippen LogP contribution in [-0.2, 0) is 11.3 Å². The molecule has 1 atom stereocenters. The van der Waals surface area contributed by atoms with Gasteiger partial charge in [0.1, 0.15) is 18.2 Å². The van der Waals surface area contributed by atoms with Gasteiger partial charge in [0.15, 0.2) is 5.82 Å². The van der Waals surface area contributed by atoms with Crippen LogP contribution in [0.5, 0.6) is 0 Å². The third-order valence-electron chi connectivity index (χ3n) is 2.49. The molecule has 0 aliphatic carbocycles. The second kappa shape index (κ2) is 8.98. The number of nitrogens with one attached hydrogen (secondary N) is 2. The van der Waals surface area contributed by atoms with Crippen LogP contribution in [-0.4, -0.2) is 42.2 Å². The molecule has 0 aliphatic rings. The van der Waals surface area contributed by atoms with E-state index in [0.717, 1.165) is 30.5 Å². The predicted octanol–water partition coefficient (Wildman–Crippen LogP) is 2.47. The van der Waals surface area contributed by atoms with Crippen molar-refractivity contribution < 1.29 is 4.74 Å². The van der Waals surface area contributed by atoms with Crippen molar-refractivity contribution in [1.82, 2.24) is 9.97 Å². The normalized spacial score (nSPS) is 12.2. The van der Waals surface area contributed by atoms with Crippen molar-refractivity contribution in [2.24, 2.45) is 5.92 Å². The van der Waals surface area contributed by atoms with Crippen molar-refractivity contribution in [2.45, 2.75) is 20.5 Å². The highest BCUT2D eigenvalue weighted by Gasteiger charge is 2.06. The second-order valence-corrected chi connectivity index (χ2v) is 5.37. The van der Waals surface area contributed by atoms with Gasteiger partial charge in [-0.25, -0.2) is 9.97 Å². The number of anilines is 2. The molecule has 1 heterocycles. The Bertz CT molecular complexity index is 351. The third-order valence-corrected chi connectivity index (χ3v) is 3.39. The Kier molecular flexibility index (Phi) is 7.59. The summed E-state index contributed by atoms with van der Waals surface area (Å²) in [5.41, 5.74) is 0. The molecule has 0 aliphatic heterocycles. The number of thioether (sulfide) groups is 1. The van der Waals surface area contributed by atoms with E-state index in [4.69, 9.17) is 4.74 Å². The van der Waals surface area contributed by atoms with Crippen molar-refractivity contribution in [3.63, 3.8) is 0 Å². The summed E-state index contributed by atoms with van der Waals surface area (Å²) in [6.07, 6.45) is 2.13. The van der Waals surface area contributed by atoms with E-state index in [1.165, 1.54) is 0 Å². The summed E-state index contributed by atoms with van der Waals surface area (Å²) in [5.74, 6) is 4.14. The first kappa shape index (κ1) is 16.0. The molecule has 0 saturated heterocycles. The standard InChI is InChI=1S/C13H24N4OS/c1-5-14-11-6-12(15-7-10(2)9-19-4)17-13(16-11)8-18-3/h6,10H,5,7-9H2,1-4H3,(H2,14,15,16,17). The lowest BCUT2D eigenvalue weighted by molar-refractivity contribution is 0.178. The van der Waals surface area contributed by atoms with E-state index < -0.39 is 0 Å². The van der Waals surface area contributed by atoms with Gasteiger partial charge in [-0.05, 0) is 24.9 Å². The minimum Gasteiger partial charge on any atom is -0.377 e. The van der Waals surface area contributed by atoms with Gasteiger partial charge in [-0.2, -0.15) is 11.8 Å². The zero-order valence-electron chi connectivity index (χ0n) is 12.2. The zero-order valence-corrected chi connectivity index (χ0v) is 13.0. The van der Waals surface area contributed by atoms with Gasteiger partial charge in [0.2, 0.25) is 0 Å². The second-order valence-electron chi connectivity index (χ2n) is 4.46. The molecule has 0 spiro atoms. The van der Waals surface area contributed by atoms with Gasteiger partial charge in [-0.1, -0.05) is 6.92 Å². The van der Waals surface area contributed by atoms with Gasteiger partial charge < -0.3 is 15.4 Å². The highest BCUT2D eigenvalue weighted by molar-refractivity contribution is 7.98. The van der Waals surface area contributed by atoms with Gasteiger partial charge in [0, 0.05) is 26.3 Å². The molecule has 108 valence electrons. The average molecular weight is 284 g/mol. The monoisotopic (exact) mass is 284 g/mol. The molecule has 1 aromatic heterocycles. The number of aromatic nitrogens is 2. The van der Waals surface area contributed by atoms with Crippen molar-refractivity contribution in [3.05, 3.63) is 11.9 Å². The van der Waals surface area contributed by atoms with Crippen molar-refractivity contribution in [2.75, 3.05) is 42.8 Å². The van der Waals surface area contributed by atoms with Crippen molar-refractivity contribution in [1.29, 1.82) is 0 Å². The van der Waals surface area contributed by atoms with Crippen LogP contribution in [0.3, 0.4) is 0 Å².